The molecule has 0 aliphatic rings. The molecule has 0 spiro atoms. The van der Waals surface area contributed by atoms with Gasteiger partial charge in [-0.05, 0) is 50.1 Å². The third kappa shape index (κ3) is 5.42. The molecule has 11 heteroatoms. The fourth-order valence-corrected chi connectivity index (χ4v) is 3.20. The first-order valence-corrected chi connectivity index (χ1v) is 10.8. The summed E-state index contributed by atoms with van der Waals surface area (Å²) in [5, 5.41) is 3.16. The predicted octanol–water partition coefficient (Wildman–Crippen LogP) is 6.03. The number of carbonyl (C=O) groups is 1. The van der Waals surface area contributed by atoms with E-state index in [1.807, 2.05) is 13.0 Å². The number of nitrogens with one attached hydrogen (secondary N) is 1. The number of aryl methyl sites for hydroxylation is 1. The Morgan fingerprint density at radius 2 is 1.68 bits per heavy atom. The number of aromatic nitrogens is 3. The van der Waals surface area contributed by atoms with E-state index in [9.17, 15) is 18.0 Å². The Morgan fingerprint density at radius 3 is 2.29 bits per heavy atom. The molecule has 0 aliphatic carbocycles. The molecule has 1 amide bonds. The molecule has 1 N–H and O–H groups in total. The van der Waals surface area contributed by atoms with Gasteiger partial charge >= 0.3 is 12.2 Å². The fraction of sp³-hybridized carbons (Fsp3) is 0.304. The van der Waals surface area contributed by atoms with E-state index < -0.39 is 17.5 Å². The van der Waals surface area contributed by atoms with Crippen LogP contribution in [0.3, 0.4) is 0 Å². The zero-order chi connectivity index (χ0) is 25.3. The van der Waals surface area contributed by atoms with Crippen molar-refractivity contribution in [1.29, 1.82) is 0 Å². The minimum Gasteiger partial charge on any atom is -0.467 e. The number of methoxy groups -OCH3 is 1. The van der Waals surface area contributed by atoms with Crippen LogP contribution in [0.1, 0.15) is 25.0 Å². The summed E-state index contributed by atoms with van der Waals surface area (Å²) in [7, 11) is 1.40. The van der Waals surface area contributed by atoms with Gasteiger partial charge in [0.15, 0.2) is 11.6 Å². The van der Waals surface area contributed by atoms with Crippen molar-refractivity contribution in [3.05, 3.63) is 57.6 Å². The van der Waals surface area contributed by atoms with Crippen molar-refractivity contribution in [1.82, 2.24) is 20.3 Å². The Bertz CT molecular complexity index is 1230. The number of ether oxygens (including phenoxy) is 1. The normalized spacial score (nSPS) is 11.9. The fourth-order valence-electron chi connectivity index (χ4n) is 2.82. The van der Waals surface area contributed by atoms with Crippen LogP contribution in [0, 0.1) is 12.3 Å². The van der Waals surface area contributed by atoms with Crippen molar-refractivity contribution in [2.75, 3.05) is 7.11 Å². The second kappa shape index (κ2) is 9.76. The molecule has 0 saturated heterocycles. The molecule has 0 fully saturated rings. The van der Waals surface area contributed by atoms with Crippen LogP contribution in [0.4, 0.5) is 13.2 Å². The lowest BCUT2D eigenvalue weighted by Gasteiger charge is -2.26. The molecule has 34 heavy (non-hydrogen) atoms. The molecule has 6 nitrogen and oxygen atoms in total. The summed E-state index contributed by atoms with van der Waals surface area (Å²) in [6, 6.07) is 10.1. The van der Waals surface area contributed by atoms with Gasteiger partial charge in [0.25, 0.3) is 0 Å². The molecular formula is C23H21Cl2F3N4O2. The van der Waals surface area contributed by atoms with Gasteiger partial charge in [-0.25, -0.2) is 4.98 Å². The van der Waals surface area contributed by atoms with Gasteiger partial charge in [0.1, 0.15) is 5.41 Å². The molecule has 1 heterocycles. The van der Waals surface area contributed by atoms with E-state index in [2.05, 4.69) is 20.3 Å². The van der Waals surface area contributed by atoms with E-state index in [-0.39, 0.29) is 18.4 Å². The van der Waals surface area contributed by atoms with E-state index in [0.717, 1.165) is 19.4 Å². The molecule has 0 bridgehead atoms. The standard InChI is InChI=1S/C23H21Cl2F3N4O2/c1-12-5-7-14(10-17(12)25)18-30-19(32-21(31-18)34-4)15-9-13(6-8-16(15)24)11-29-20(33)22(2,3)23(26,27)28/h5-10H,11H2,1-4H3,(H,29,33). The maximum Gasteiger partial charge on any atom is 0.402 e. The summed E-state index contributed by atoms with van der Waals surface area (Å²) < 4.78 is 44.6. The molecule has 0 atom stereocenters. The minimum absolute atomic E-state index is 0.0402. The second-order valence-electron chi connectivity index (χ2n) is 8.05. The van der Waals surface area contributed by atoms with Crippen LogP contribution >= 0.6 is 23.2 Å². The lowest BCUT2D eigenvalue weighted by Crippen LogP contribution is -2.46. The summed E-state index contributed by atoms with van der Waals surface area (Å²) in [6.45, 7) is 3.37. The topological polar surface area (TPSA) is 77.0 Å². The van der Waals surface area contributed by atoms with Gasteiger partial charge < -0.3 is 10.1 Å². The monoisotopic (exact) mass is 512 g/mol. The van der Waals surface area contributed by atoms with Crippen molar-refractivity contribution in [2.24, 2.45) is 5.41 Å². The SMILES string of the molecule is COc1nc(-c2ccc(C)c(Cl)c2)nc(-c2cc(CNC(=O)C(C)(C)C(F)(F)F)ccc2Cl)n1. The van der Waals surface area contributed by atoms with Crippen molar-refractivity contribution in [3.63, 3.8) is 0 Å². The van der Waals surface area contributed by atoms with Gasteiger partial charge in [0, 0.05) is 22.7 Å². The van der Waals surface area contributed by atoms with E-state index in [0.29, 0.717) is 32.6 Å². The number of halogens is 5. The van der Waals surface area contributed by atoms with Crippen LogP contribution in [0.2, 0.25) is 10.0 Å². The van der Waals surface area contributed by atoms with Crippen molar-refractivity contribution in [3.8, 4) is 28.8 Å². The zero-order valence-corrected chi connectivity index (χ0v) is 20.2. The molecule has 3 rings (SSSR count). The first-order chi connectivity index (χ1) is 15.8. The van der Waals surface area contributed by atoms with Crippen LogP contribution in [0.25, 0.3) is 22.8 Å². The van der Waals surface area contributed by atoms with E-state index in [1.54, 1.807) is 30.3 Å². The quantitative estimate of drug-likeness (QED) is 0.436. The predicted molar refractivity (Wildman–Crippen MR) is 124 cm³/mol. The van der Waals surface area contributed by atoms with Crippen molar-refractivity contribution in [2.45, 2.75) is 33.5 Å². The Balaban J connectivity index is 1.95. The average Bonchev–Trinajstić information content (AvgIpc) is 2.78. The lowest BCUT2D eigenvalue weighted by atomic mass is 9.91. The highest BCUT2D eigenvalue weighted by Gasteiger charge is 2.52. The zero-order valence-electron chi connectivity index (χ0n) is 18.7. The minimum atomic E-state index is -4.68. The number of carbonyl (C=O) groups excluding carboxylic acids is 1. The highest BCUT2D eigenvalue weighted by Crippen LogP contribution is 2.37. The van der Waals surface area contributed by atoms with Gasteiger partial charge in [-0.1, -0.05) is 41.4 Å². The molecule has 0 unspecified atom stereocenters. The number of hydrogen-bond donors (Lipinski definition) is 1. The summed E-state index contributed by atoms with van der Waals surface area (Å²) in [6.07, 6.45) is -4.68. The molecule has 0 radical (unpaired) electrons. The van der Waals surface area contributed by atoms with Crippen LogP contribution < -0.4 is 10.1 Å². The average molecular weight is 513 g/mol. The molecular weight excluding hydrogens is 492 g/mol. The summed E-state index contributed by atoms with van der Waals surface area (Å²) in [5.41, 5.74) is -0.119. The summed E-state index contributed by atoms with van der Waals surface area (Å²) in [4.78, 5) is 25.1. The number of amides is 1. The van der Waals surface area contributed by atoms with Crippen LogP contribution in [-0.4, -0.2) is 34.1 Å². The number of rotatable bonds is 6. The first kappa shape index (κ1) is 25.7. The van der Waals surface area contributed by atoms with Gasteiger partial charge in [0.05, 0.1) is 12.1 Å². The number of nitrogens with zero attached hydrogens (tertiary/aromatic N) is 3. The summed E-state index contributed by atoms with van der Waals surface area (Å²) >= 11 is 12.6. The third-order valence-corrected chi connectivity index (χ3v) is 5.97. The Hall–Kier alpha value is -2.91. The number of hydrogen-bond acceptors (Lipinski definition) is 5. The maximum atomic E-state index is 13.1. The highest BCUT2D eigenvalue weighted by molar-refractivity contribution is 6.33. The molecule has 3 aromatic rings. The number of alkyl halides is 3. The van der Waals surface area contributed by atoms with Crippen LogP contribution in [0.15, 0.2) is 36.4 Å². The van der Waals surface area contributed by atoms with E-state index in [4.69, 9.17) is 27.9 Å². The molecule has 1 aromatic heterocycles. The Morgan fingerprint density at radius 1 is 1.00 bits per heavy atom. The molecule has 2 aromatic carbocycles. The van der Waals surface area contributed by atoms with Gasteiger partial charge in [-0.2, -0.15) is 23.1 Å². The van der Waals surface area contributed by atoms with Crippen LogP contribution in [-0.2, 0) is 11.3 Å². The van der Waals surface area contributed by atoms with Crippen molar-refractivity contribution < 1.29 is 22.7 Å². The number of benzene rings is 2. The maximum absolute atomic E-state index is 13.1. The van der Waals surface area contributed by atoms with Gasteiger partial charge in [-0.15, -0.1) is 0 Å². The van der Waals surface area contributed by atoms with Crippen LogP contribution in [0.5, 0.6) is 6.01 Å². The van der Waals surface area contributed by atoms with Crippen molar-refractivity contribution >= 4 is 29.1 Å². The van der Waals surface area contributed by atoms with Gasteiger partial charge in [0.2, 0.25) is 5.91 Å². The van der Waals surface area contributed by atoms with Gasteiger partial charge in [-0.3, -0.25) is 4.79 Å². The lowest BCUT2D eigenvalue weighted by molar-refractivity contribution is -0.211. The summed E-state index contributed by atoms with van der Waals surface area (Å²) in [5.74, 6) is -0.658. The third-order valence-electron chi connectivity index (χ3n) is 5.23. The smallest absolute Gasteiger partial charge is 0.402 e. The molecule has 0 aliphatic heterocycles. The van der Waals surface area contributed by atoms with E-state index in [1.165, 1.54) is 7.11 Å². The largest absolute Gasteiger partial charge is 0.467 e. The molecule has 0 saturated carbocycles. The molecule has 180 valence electrons. The Kier molecular flexibility index (Phi) is 7.38. The highest BCUT2D eigenvalue weighted by atomic mass is 35.5. The first-order valence-electron chi connectivity index (χ1n) is 10.0. The van der Waals surface area contributed by atoms with E-state index >= 15 is 0 Å². The second-order valence-corrected chi connectivity index (χ2v) is 8.87. The Labute approximate surface area is 204 Å².